The van der Waals surface area contributed by atoms with Crippen LogP contribution >= 0.6 is 12.4 Å². The van der Waals surface area contributed by atoms with Crippen LogP contribution in [0, 0.1) is 5.82 Å². The first-order valence-corrected chi connectivity index (χ1v) is 11.3. The minimum atomic E-state index is -0.193. The highest BCUT2D eigenvalue weighted by Gasteiger charge is 2.23. The average molecular weight is 454 g/mol. The fourth-order valence-electron chi connectivity index (χ4n) is 4.86. The van der Waals surface area contributed by atoms with Crippen LogP contribution in [0.1, 0.15) is 36.8 Å². The predicted molar refractivity (Wildman–Crippen MR) is 131 cm³/mol. The third kappa shape index (κ3) is 4.59. The van der Waals surface area contributed by atoms with Crippen molar-refractivity contribution in [2.45, 2.75) is 32.1 Å². The van der Waals surface area contributed by atoms with Crippen molar-refractivity contribution in [1.82, 2.24) is 9.88 Å². The summed E-state index contributed by atoms with van der Waals surface area (Å²) in [4.78, 5) is 20.1. The van der Waals surface area contributed by atoms with Crippen molar-refractivity contribution < 1.29 is 9.18 Å². The molecule has 3 aromatic rings. The van der Waals surface area contributed by atoms with Crippen molar-refractivity contribution in [2.75, 3.05) is 31.1 Å². The van der Waals surface area contributed by atoms with Crippen LogP contribution in [0.4, 0.5) is 10.1 Å². The maximum Gasteiger partial charge on any atom is 0.227 e. The molecule has 2 aliphatic heterocycles. The fraction of sp³-hybridized carbons (Fsp3) is 0.346. The number of anilines is 1. The normalized spacial score (nSPS) is 16.6. The Bertz CT molecular complexity index is 1140. The molecule has 168 valence electrons. The summed E-state index contributed by atoms with van der Waals surface area (Å²) in [6.45, 7) is 3.77. The summed E-state index contributed by atoms with van der Waals surface area (Å²) in [5.41, 5.74) is 5.78. The number of aromatic nitrogens is 1. The van der Waals surface area contributed by atoms with Gasteiger partial charge in [-0.2, -0.15) is 0 Å². The quantitative estimate of drug-likeness (QED) is 0.495. The molecule has 1 N–H and O–H groups in total. The first-order valence-electron chi connectivity index (χ1n) is 11.3. The van der Waals surface area contributed by atoms with E-state index in [1.807, 2.05) is 17.2 Å². The number of para-hydroxylation sites is 1. The first-order chi connectivity index (χ1) is 15.2. The van der Waals surface area contributed by atoms with Crippen LogP contribution in [0.15, 0.2) is 54.7 Å². The first kappa shape index (κ1) is 22.6. The number of hydrogen-bond donors (Lipinski definition) is 1. The Hall–Kier alpha value is -2.63. The largest absolute Gasteiger partial charge is 0.361 e. The number of rotatable bonds is 6. The summed E-state index contributed by atoms with van der Waals surface area (Å²) in [5, 5.41) is 0.964. The molecular formula is C26H29ClFN3O. The third-order valence-corrected chi connectivity index (χ3v) is 6.58. The van der Waals surface area contributed by atoms with Crippen LogP contribution in [0.25, 0.3) is 16.5 Å². The van der Waals surface area contributed by atoms with Crippen LogP contribution in [-0.2, 0) is 11.2 Å². The van der Waals surface area contributed by atoms with Crippen molar-refractivity contribution in [3.63, 3.8) is 0 Å². The molecule has 0 radical (unpaired) electrons. The molecule has 0 saturated carbocycles. The predicted octanol–water partition coefficient (Wildman–Crippen LogP) is 5.58. The number of nitrogens with zero attached hydrogens (tertiary/aromatic N) is 2. The zero-order valence-electron chi connectivity index (χ0n) is 18.1. The van der Waals surface area contributed by atoms with E-state index in [0.717, 1.165) is 74.0 Å². The van der Waals surface area contributed by atoms with E-state index in [9.17, 15) is 9.18 Å². The molecule has 1 aromatic heterocycles. The van der Waals surface area contributed by atoms with E-state index < -0.39 is 0 Å². The van der Waals surface area contributed by atoms with Gasteiger partial charge < -0.3 is 9.88 Å². The summed E-state index contributed by atoms with van der Waals surface area (Å²) < 4.78 is 13.7. The maximum atomic E-state index is 13.7. The number of H-pyrrole nitrogens is 1. The lowest BCUT2D eigenvalue weighted by Crippen LogP contribution is -2.36. The second kappa shape index (κ2) is 9.88. The minimum absolute atomic E-state index is 0. The summed E-state index contributed by atoms with van der Waals surface area (Å²) in [6.07, 6.45) is 8.82. The number of carbonyl (C=O) groups excluding carboxylic acids is 1. The van der Waals surface area contributed by atoms with Gasteiger partial charge in [0.25, 0.3) is 0 Å². The number of carbonyl (C=O) groups is 1. The Morgan fingerprint density at radius 3 is 2.69 bits per heavy atom. The second-order valence-electron chi connectivity index (χ2n) is 8.55. The van der Waals surface area contributed by atoms with Gasteiger partial charge in [0, 0.05) is 54.4 Å². The highest BCUT2D eigenvalue weighted by molar-refractivity contribution is 5.96. The van der Waals surface area contributed by atoms with Gasteiger partial charge in [0.15, 0.2) is 0 Å². The molecule has 4 nitrogen and oxygen atoms in total. The number of benzene rings is 2. The molecule has 3 heterocycles. The van der Waals surface area contributed by atoms with Crippen LogP contribution in [-0.4, -0.2) is 42.0 Å². The summed E-state index contributed by atoms with van der Waals surface area (Å²) in [6, 6.07) is 13.2. The van der Waals surface area contributed by atoms with Crippen molar-refractivity contribution >= 4 is 40.5 Å². The topological polar surface area (TPSA) is 39.3 Å². The standard InChI is InChI=1S/C26H28FN3O.ClH/c27-21-8-9-24-22(17-21)23(18-28-24)19-11-15-29(16-12-19)13-3-4-14-30-25-6-2-1-5-20(25)7-10-26(30)31;/h1-2,5-6,8-9,11,17-18,28H,3-4,7,10,12-16H2;1H. The SMILES string of the molecule is Cl.O=C1CCc2ccccc2N1CCCCN1CC=C(c2c[nH]c3ccc(F)cc23)CC1. The molecule has 0 spiro atoms. The van der Waals surface area contributed by atoms with Crippen LogP contribution in [0.5, 0.6) is 0 Å². The second-order valence-corrected chi connectivity index (χ2v) is 8.55. The van der Waals surface area contributed by atoms with Gasteiger partial charge in [0.1, 0.15) is 5.82 Å². The van der Waals surface area contributed by atoms with E-state index in [-0.39, 0.29) is 24.1 Å². The average Bonchev–Trinajstić information content (AvgIpc) is 3.21. The molecule has 0 bridgehead atoms. The number of unbranched alkanes of at least 4 members (excludes halogenated alkanes) is 1. The van der Waals surface area contributed by atoms with E-state index in [4.69, 9.17) is 0 Å². The van der Waals surface area contributed by atoms with Crippen LogP contribution in [0.2, 0.25) is 0 Å². The van der Waals surface area contributed by atoms with E-state index in [1.165, 1.54) is 17.2 Å². The summed E-state index contributed by atoms with van der Waals surface area (Å²) in [5.74, 6) is 0.0561. The molecule has 5 rings (SSSR count). The maximum absolute atomic E-state index is 13.7. The lowest BCUT2D eigenvalue weighted by Gasteiger charge is -2.30. The fourth-order valence-corrected chi connectivity index (χ4v) is 4.86. The summed E-state index contributed by atoms with van der Waals surface area (Å²) >= 11 is 0. The Balaban J connectivity index is 0.00000245. The smallest absolute Gasteiger partial charge is 0.227 e. The van der Waals surface area contributed by atoms with Gasteiger partial charge in [0.2, 0.25) is 5.91 Å². The molecule has 0 unspecified atom stereocenters. The Morgan fingerprint density at radius 1 is 1.00 bits per heavy atom. The van der Waals surface area contributed by atoms with E-state index in [0.29, 0.717) is 6.42 Å². The molecular weight excluding hydrogens is 425 g/mol. The number of aromatic amines is 1. The third-order valence-electron chi connectivity index (χ3n) is 6.58. The van der Waals surface area contributed by atoms with Crippen molar-refractivity contribution in [2.24, 2.45) is 0 Å². The molecule has 2 aromatic carbocycles. The van der Waals surface area contributed by atoms with Crippen molar-refractivity contribution in [3.05, 3.63) is 71.7 Å². The molecule has 0 atom stereocenters. The van der Waals surface area contributed by atoms with Crippen LogP contribution in [0.3, 0.4) is 0 Å². The molecule has 6 heteroatoms. The highest BCUT2D eigenvalue weighted by atomic mass is 35.5. The molecule has 0 saturated heterocycles. The Morgan fingerprint density at radius 2 is 1.84 bits per heavy atom. The zero-order chi connectivity index (χ0) is 21.2. The van der Waals surface area contributed by atoms with Gasteiger partial charge >= 0.3 is 0 Å². The van der Waals surface area contributed by atoms with Crippen molar-refractivity contribution in [3.8, 4) is 0 Å². The Labute approximate surface area is 194 Å². The van der Waals surface area contributed by atoms with E-state index >= 15 is 0 Å². The van der Waals surface area contributed by atoms with E-state index in [2.05, 4.69) is 34.2 Å². The molecule has 0 aliphatic carbocycles. The van der Waals surface area contributed by atoms with Gasteiger partial charge in [-0.05, 0) is 67.6 Å². The molecule has 2 aliphatic rings. The monoisotopic (exact) mass is 453 g/mol. The van der Waals surface area contributed by atoms with Gasteiger partial charge in [-0.25, -0.2) is 4.39 Å². The van der Waals surface area contributed by atoms with Crippen LogP contribution < -0.4 is 4.90 Å². The van der Waals surface area contributed by atoms with Gasteiger partial charge in [-0.1, -0.05) is 24.3 Å². The summed E-state index contributed by atoms with van der Waals surface area (Å²) in [7, 11) is 0. The minimum Gasteiger partial charge on any atom is -0.361 e. The number of amides is 1. The Kier molecular flexibility index (Phi) is 6.97. The zero-order valence-corrected chi connectivity index (χ0v) is 19.0. The van der Waals surface area contributed by atoms with Gasteiger partial charge in [-0.3, -0.25) is 9.69 Å². The molecule has 1 amide bonds. The molecule has 0 fully saturated rings. The molecule has 32 heavy (non-hydrogen) atoms. The lowest BCUT2D eigenvalue weighted by molar-refractivity contribution is -0.118. The number of nitrogens with one attached hydrogen (secondary N) is 1. The van der Waals surface area contributed by atoms with E-state index in [1.54, 1.807) is 12.1 Å². The van der Waals surface area contributed by atoms with Gasteiger partial charge in [0.05, 0.1) is 0 Å². The number of hydrogen-bond acceptors (Lipinski definition) is 2. The number of halogens is 2. The van der Waals surface area contributed by atoms with Gasteiger partial charge in [-0.15, -0.1) is 12.4 Å². The number of fused-ring (bicyclic) bond motifs is 2. The van der Waals surface area contributed by atoms with Crippen molar-refractivity contribution in [1.29, 1.82) is 0 Å². The highest BCUT2D eigenvalue weighted by Crippen LogP contribution is 2.30. The number of aryl methyl sites for hydroxylation is 1. The lowest BCUT2D eigenvalue weighted by atomic mass is 9.98.